The van der Waals surface area contributed by atoms with Crippen LogP contribution < -0.4 is 15.4 Å². The van der Waals surface area contributed by atoms with Gasteiger partial charge in [-0.2, -0.15) is 0 Å². The number of hydrogen-bond acceptors (Lipinski definition) is 8. The third kappa shape index (κ3) is 7.91. The number of phenolic OH excluding ortho intramolecular Hbond substituents is 1. The number of nitrogens with zero attached hydrogens (tertiary/aromatic N) is 4. The molecule has 0 saturated carbocycles. The summed E-state index contributed by atoms with van der Waals surface area (Å²) in [5.74, 6) is 1.88. The molecule has 0 radical (unpaired) electrons. The minimum Gasteiger partial charge on any atom is -0.504 e. The van der Waals surface area contributed by atoms with E-state index in [2.05, 4.69) is 68.7 Å². The van der Waals surface area contributed by atoms with Gasteiger partial charge in [-0.15, -0.1) is 0 Å². The van der Waals surface area contributed by atoms with Crippen LogP contribution in [0.4, 0.5) is 11.6 Å². The standard InChI is InChI=1S/C19H19N3O2.C12H12ClN3/c1-13(14-6-4-3-5-7-14)21-19-12-20-11-16(22-19)15-8-9-17(23)18(10-15)24-2;1-9(10-5-3-2-4-6-10)15-12-8-14-7-11(13)16-12/h3-13,23H,1-2H3,(H,21,22);2-9H,1H3,(H,15,16)/t13-;9-/m11/s1. The molecule has 0 spiro atoms. The van der Waals surface area contributed by atoms with Gasteiger partial charge in [0.15, 0.2) is 11.5 Å². The molecule has 0 aliphatic rings. The van der Waals surface area contributed by atoms with Crippen LogP contribution in [-0.2, 0) is 0 Å². The monoisotopic (exact) mass is 554 g/mol. The summed E-state index contributed by atoms with van der Waals surface area (Å²) in [4.78, 5) is 17.0. The fourth-order valence-electron chi connectivity index (χ4n) is 3.92. The van der Waals surface area contributed by atoms with Gasteiger partial charge in [-0.1, -0.05) is 72.3 Å². The number of benzene rings is 3. The van der Waals surface area contributed by atoms with Crippen LogP contribution in [0.3, 0.4) is 0 Å². The largest absolute Gasteiger partial charge is 0.504 e. The zero-order valence-corrected chi connectivity index (χ0v) is 23.2. The summed E-state index contributed by atoms with van der Waals surface area (Å²) in [6.45, 7) is 4.14. The van der Waals surface area contributed by atoms with E-state index in [4.69, 9.17) is 16.3 Å². The molecule has 0 unspecified atom stereocenters. The Hall–Kier alpha value is -4.69. The van der Waals surface area contributed by atoms with Crippen LogP contribution in [0.2, 0.25) is 5.15 Å². The number of phenols is 1. The average molecular weight is 555 g/mol. The van der Waals surface area contributed by atoms with E-state index in [9.17, 15) is 5.11 Å². The van der Waals surface area contributed by atoms with E-state index in [0.717, 1.165) is 5.56 Å². The molecular weight excluding hydrogens is 524 g/mol. The summed E-state index contributed by atoms with van der Waals surface area (Å²) in [6, 6.07) is 25.7. The van der Waals surface area contributed by atoms with Crippen molar-refractivity contribution in [2.45, 2.75) is 25.9 Å². The highest BCUT2D eigenvalue weighted by atomic mass is 35.5. The van der Waals surface area contributed by atoms with E-state index < -0.39 is 0 Å². The Balaban J connectivity index is 0.000000201. The number of aromatic nitrogens is 4. The Morgan fingerprint density at radius 3 is 1.82 bits per heavy atom. The lowest BCUT2D eigenvalue weighted by Gasteiger charge is -2.15. The lowest BCUT2D eigenvalue weighted by molar-refractivity contribution is 0.373. The van der Waals surface area contributed by atoms with Crippen LogP contribution in [-0.4, -0.2) is 32.2 Å². The zero-order valence-electron chi connectivity index (χ0n) is 22.5. The molecule has 5 rings (SSSR count). The van der Waals surface area contributed by atoms with Crippen molar-refractivity contribution in [1.82, 2.24) is 19.9 Å². The summed E-state index contributed by atoms with van der Waals surface area (Å²) in [6.07, 6.45) is 6.55. The van der Waals surface area contributed by atoms with Crippen molar-refractivity contribution in [3.63, 3.8) is 0 Å². The maximum absolute atomic E-state index is 9.71. The molecule has 0 aliphatic heterocycles. The van der Waals surface area contributed by atoms with Crippen LogP contribution in [0.5, 0.6) is 11.5 Å². The van der Waals surface area contributed by atoms with Gasteiger partial charge < -0.3 is 20.5 Å². The third-order valence-corrected chi connectivity index (χ3v) is 6.23. The summed E-state index contributed by atoms with van der Waals surface area (Å²) < 4.78 is 5.15. The number of hydrogen-bond donors (Lipinski definition) is 3. The zero-order chi connectivity index (χ0) is 28.3. The van der Waals surface area contributed by atoms with Gasteiger partial charge in [-0.05, 0) is 43.2 Å². The Kier molecular flexibility index (Phi) is 9.85. The van der Waals surface area contributed by atoms with E-state index in [1.807, 2.05) is 36.4 Å². The Morgan fingerprint density at radius 1 is 0.725 bits per heavy atom. The fraction of sp³-hybridized carbons (Fsp3) is 0.161. The summed E-state index contributed by atoms with van der Waals surface area (Å²) in [5.41, 5.74) is 3.91. The smallest absolute Gasteiger partial charge is 0.161 e. The second kappa shape index (κ2) is 13.9. The van der Waals surface area contributed by atoms with Gasteiger partial charge in [0.1, 0.15) is 16.8 Å². The summed E-state index contributed by atoms with van der Waals surface area (Å²) in [7, 11) is 1.52. The van der Waals surface area contributed by atoms with E-state index in [1.54, 1.807) is 36.8 Å². The molecule has 40 heavy (non-hydrogen) atoms. The number of halogens is 1. The lowest BCUT2D eigenvalue weighted by atomic mass is 10.1. The summed E-state index contributed by atoms with van der Waals surface area (Å²) in [5, 5.41) is 16.7. The van der Waals surface area contributed by atoms with Crippen LogP contribution in [0.25, 0.3) is 11.3 Å². The van der Waals surface area contributed by atoms with Crippen LogP contribution in [0.1, 0.15) is 37.1 Å². The molecule has 5 aromatic rings. The predicted molar refractivity (Wildman–Crippen MR) is 160 cm³/mol. The van der Waals surface area contributed by atoms with Crippen LogP contribution in [0, 0.1) is 0 Å². The number of anilines is 2. The quantitative estimate of drug-likeness (QED) is 0.183. The van der Waals surface area contributed by atoms with Gasteiger partial charge in [0.2, 0.25) is 0 Å². The van der Waals surface area contributed by atoms with Crippen molar-refractivity contribution >= 4 is 23.2 Å². The highest BCUT2D eigenvalue weighted by molar-refractivity contribution is 6.29. The first-order valence-corrected chi connectivity index (χ1v) is 13.1. The molecule has 2 atom stereocenters. The number of aromatic hydroxyl groups is 1. The number of ether oxygens (including phenoxy) is 1. The lowest BCUT2D eigenvalue weighted by Crippen LogP contribution is -2.08. The van der Waals surface area contributed by atoms with E-state index in [1.165, 1.54) is 24.4 Å². The van der Waals surface area contributed by atoms with Crippen LogP contribution >= 0.6 is 11.6 Å². The Morgan fingerprint density at radius 2 is 1.27 bits per heavy atom. The van der Waals surface area contributed by atoms with Gasteiger partial charge in [-0.3, -0.25) is 9.97 Å². The number of nitrogens with one attached hydrogen (secondary N) is 2. The highest BCUT2D eigenvalue weighted by Crippen LogP contribution is 2.31. The van der Waals surface area contributed by atoms with Crippen molar-refractivity contribution in [3.05, 3.63) is 120 Å². The van der Waals surface area contributed by atoms with Crippen molar-refractivity contribution < 1.29 is 9.84 Å². The Labute approximate surface area is 239 Å². The molecule has 9 heteroatoms. The van der Waals surface area contributed by atoms with Gasteiger partial charge in [0.05, 0.1) is 37.6 Å². The molecule has 204 valence electrons. The van der Waals surface area contributed by atoms with Crippen molar-refractivity contribution in [1.29, 1.82) is 0 Å². The molecule has 0 saturated heterocycles. The van der Waals surface area contributed by atoms with Gasteiger partial charge >= 0.3 is 0 Å². The van der Waals surface area contributed by atoms with Crippen molar-refractivity contribution in [2.24, 2.45) is 0 Å². The first-order valence-electron chi connectivity index (χ1n) is 12.7. The SMILES string of the molecule is COc1cc(-c2cncc(N[C@H](C)c3ccccc3)n2)ccc1O.C[C@@H](Nc1cncc(Cl)n1)c1ccccc1. The third-order valence-electron chi connectivity index (χ3n) is 6.04. The second-order valence-electron chi connectivity index (χ2n) is 8.96. The first kappa shape index (κ1) is 28.3. The molecule has 0 amide bonds. The molecule has 2 heterocycles. The molecule has 8 nitrogen and oxygen atoms in total. The van der Waals surface area contributed by atoms with E-state index in [0.29, 0.717) is 28.2 Å². The Bertz CT molecular complexity index is 1500. The second-order valence-corrected chi connectivity index (χ2v) is 9.34. The van der Waals surface area contributed by atoms with E-state index >= 15 is 0 Å². The number of methoxy groups -OCH3 is 1. The van der Waals surface area contributed by atoms with Gasteiger partial charge in [0, 0.05) is 17.6 Å². The molecule has 0 bridgehead atoms. The summed E-state index contributed by atoms with van der Waals surface area (Å²) >= 11 is 5.76. The molecular formula is C31H31ClN6O2. The fourth-order valence-corrected chi connectivity index (χ4v) is 4.06. The molecule has 2 aromatic heterocycles. The molecule has 3 aromatic carbocycles. The minimum atomic E-state index is 0.0983. The van der Waals surface area contributed by atoms with E-state index in [-0.39, 0.29) is 17.8 Å². The first-order chi connectivity index (χ1) is 19.4. The molecule has 0 aliphatic carbocycles. The van der Waals surface area contributed by atoms with Crippen molar-refractivity contribution in [2.75, 3.05) is 17.7 Å². The molecule has 3 N–H and O–H groups in total. The topological polar surface area (TPSA) is 105 Å². The predicted octanol–water partition coefficient (Wildman–Crippen LogP) is 7.33. The molecule has 0 fully saturated rings. The van der Waals surface area contributed by atoms with Gasteiger partial charge in [0.25, 0.3) is 0 Å². The highest BCUT2D eigenvalue weighted by Gasteiger charge is 2.10. The maximum atomic E-state index is 9.71. The number of rotatable bonds is 8. The maximum Gasteiger partial charge on any atom is 0.161 e. The minimum absolute atomic E-state index is 0.0983. The van der Waals surface area contributed by atoms with Crippen molar-refractivity contribution in [3.8, 4) is 22.8 Å². The normalized spacial score (nSPS) is 11.9. The van der Waals surface area contributed by atoms with Gasteiger partial charge in [-0.25, -0.2) is 9.97 Å². The van der Waals surface area contributed by atoms with Crippen LogP contribution in [0.15, 0.2) is 104 Å². The average Bonchev–Trinajstić information content (AvgIpc) is 2.99.